The van der Waals surface area contributed by atoms with E-state index in [0.29, 0.717) is 0 Å². The first kappa shape index (κ1) is 9.89. The summed E-state index contributed by atoms with van der Waals surface area (Å²) in [6, 6.07) is 9.12. The van der Waals surface area contributed by atoms with E-state index in [4.69, 9.17) is 0 Å². The van der Waals surface area contributed by atoms with Gasteiger partial charge in [-0.25, -0.2) is 0 Å². The molecule has 1 aliphatic carbocycles. The molecule has 2 rings (SSSR count). The van der Waals surface area contributed by atoms with Crippen molar-refractivity contribution in [3.05, 3.63) is 29.8 Å². The third kappa shape index (κ3) is 2.23. The molecule has 2 heteroatoms. The van der Waals surface area contributed by atoms with Crippen LogP contribution in [0.1, 0.15) is 37.2 Å². The first-order valence-electron chi connectivity index (χ1n) is 5.82. The topological polar surface area (TPSA) is 0 Å². The van der Waals surface area contributed by atoms with Gasteiger partial charge in [0.15, 0.2) is 0 Å². The lowest BCUT2D eigenvalue weighted by atomic mass is 9.70. The fourth-order valence-electron chi connectivity index (χ4n) is 2.43. The Morgan fingerprint density at radius 2 is 1.50 bits per heavy atom. The predicted molar refractivity (Wildman–Crippen MR) is 68.1 cm³/mol. The summed E-state index contributed by atoms with van der Waals surface area (Å²) in [6.45, 7) is 0. The lowest BCUT2D eigenvalue weighted by molar-refractivity contribution is 0.444. The van der Waals surface area contributed by atoms with Gasteiger partial charge in [0.1, 0.15) is 15.7 Å². The number of benzene rings is 1. The predicted octanol–water partition coefficient (Wildman–Crippen LogP) is 1.02. The van der Waals surface area contributed by atoms with Crippen LogP contribution in [-0.2, 0) is 0 Å². The minimum atomic E-state index is 0.840. The molecule has 0 atom stereocenters. The summed E-state index contributed by atoms with van der Waals surface area (Å²) in [7, 11) is 4.54. The Morgan fingerprint density at radius 3 is 2.07 bits per heavy atom. The van der Waals surface area contributed by atoms with Crippen LogP contribution in [0, 0.1) is 0 Å². The van der Waals surface area contributed by atoms with Gasteiger partial charge >= 0.3 is 0 Å². The maximum atomic E-state index is 2.38. The Bertz CT molecular complexity index is 284. The van der Waals surface area contributed by atoms with Crippen LogP contribution in [0.15, 0.2) is 24.3 Å². The summed E-state index contributed by atoms with van der Waals surface area (Å²) < 4.78 is 0. The normalized spacial score (nSPS) is 27.4. The van der Waals surface area contributed by atoms with Gasteiger partial charge in [0.25, 0.3) is 0 Å². The molecule has 0 unspecified atom stereocenters. The molecular formula is C12H18B2. The first-order valence-corrected chi connectivity index (χ1v) is 5.82. The van der Waals surface area contributed by atoms with Gasteiger partial charge in [-0.05, 0) is 24.3 Å². The van der Waals surface area contributed by atoms with Gasteiger partial charge in [0.2, 0.25) is 0 Å². The van der Waals surface area contributed by atoms with Crippen LogP contribution in [0.3, 0.4) is 0 Å². The van der Waals surface area contributed by atoms with Crippen molar-refractivity contribution in [2.45, 2.75) is 37.4 Å². The van der Waals surface area contributed by atoms with Crippen LogP contribution in [0.25, 0.3) is 0 Å². The zero-order valence-electron chi connectivity index (χ0n) is 9.29. The molecule has 1 aromatic rings. The third-order valence-electron chi connectivity index (χ3n) is 3.56. The summed E-state index contributed by atoms with van der Waals surface area (Å²) in [5.74, 6) is 1.79. The van der Waals surface area contributed by atoms with E-state index >= 15 is 0 Å². The van der Waals surface area contributed by atoms with E-state index in [-0.39, 0.29) is 0 Å². The monoisotopic (exact) mass is 184 g/mol. The highest BCUT2D eigenvalue weighted by atomic mass is 14.2. The molecule has 0 N–H and O–H groups in total. The van der Waals surface area contributed by atoms with Crippen molar-refractivity contribution in [3.8, 4) is 0 Å². The molecule has 72 valence electrons. The van der Waals surface area contributed by atoms with Crippen molar-refractivity contribution in [1.29, 1.82) is 0 Å². The second kappa shape index (κ2) is 4.25. The highest BCUT2D eigenvalue weighted by Gasteiger charge is 2.19. The van der Waals surface area contributed by atoms with E-state index in [2.05, 4.69) is 40.0 Å². The first-order chi connectivity index (χ1) is 6.75. The SMILES string of the molecule is Bc1ccc(C2CCC(B)CC2)cc1. The van der Waals surface area contributed by atoms with Gasteiger partial charge in [-0.3, -0.25) is 0 Å². The molecule has 0 nitrogen and oxygen atoms in total. The van der Waals surface area contributed by atoms with Crippen LogP contribution >= 0.6 is 0 Å². The van der Waals surface area contributed by atoms with Crippen LogP contribution in [0.4, 0.5) is 0 Å². The van der Waals surface area contributed by atoms with Crippen molar-refractivity contribution >= 4 is 21.2 Å². The summed E-state index contributed by atoms with van der Waals surface area (Å²) in [5, 5.41) is 0. The van der Waals surface area contributed by atoms with E-state index in [1.165, 1.54) is 31.1 Å². The standard InChI is InChI=1S/C12H18B2/c13-11-5-1-9(2-6-11)10-3-7-12(14)8-4-10/h1-2,5-6,10,12H,3-4,7-8,13-14H2. The van der Waals surface area contributed by atoms with Gasteiger partial charge < -0.3 is 0 Å². The van der Waals surface area contributed by atoms with Crippen molar-refractivity contribution in [3.63, 3.8) is 0 Å². The average Bonchev–Trinajstić information content (AvgIpc) is 2.21. The third-order valence-corrected chi connectivity index (χ3v) is 3.56. The number of hydrogen-bond acceptors (Lipinski definition) is 0. The lowest BCUT2D eigenvalue weighted by Crippen LogP contribution is -2.10. The van der Waals surface area contributed by atoms with E-state index in [1.54, 1.807) is 5.56 Å². The van der Waals surface area contributed by atoms with Crippen LogP contribution < -0.4 is 5.46 Å². The summed E-state index contributed by atoms with van der Waals surface area (Å²) in [4.78, 5) is 0. The molecule has 14 heavy (non-hydrogen) atoms. The largest absolute Gasteiger partial charge is 0.139 e. The molecule has 1 aliphatic rings. The van der Waals surface area contributed by atoms with Crippen molar-refractivity contribution in [2.24, 2.45) is 0 Å². The van der Waals surface area contributed by atoms with E-state index in [1.807, 2.05) is 0 Å². The Labute approximate surface area is 88.9 Å². The molecule has 1 fully saturated rings. The lowest BCUT2D eigenvalue weighted by Gasteiger charge is -2.26. The Morgan fingerprint density at radius 1 is 0.929 bits per heavy atom. The molecule has 0 bridgehead atoms. The molecule has 0 spiro atoms. The summed E-state index contributed by atoms with van der Waals surface area (Å²) >= 11 is 0. The highest BCUT2D eigenvalue weighted by Crippen LogP contribution is 2.36. The number of rotatable bonds is 1. The zero-order valence-corrected chi connectivity index (χ0v) is 9.29. The molecule has 0 aliphatic heterocycles. The smallest absolute Gasteiger partial charge is 0.0889 e. The maximum absolute atomic E-state index is 2.38. The molecule has 1 aromatic carbocycles. The van der Waals surface area contributed by atoms with Crippen LogP contribution in [-0.4, -0.2) is 15.7 Å². The van der Waals surface area contributed by atoms with Gasteiger partial charge in [0, 0.05) is 0 Å². The fraction of sp³-hybridized carbons (Fsp3) is 0.500. The van der Waals surface area contributed by atoms with Gasteiger partial charge in [-0.2, -0.15) is 0 Å². The number of hydrogen-bond donors (Lipinski definition) is 0. The molecule has 0 heterocycles. The van der Waals surface area contributed by atoms with E-state index in [9.17, 15) is 0 Å². The molecule has 1 saturated carbocycles. The van der Waals surface area contributed by atoms with Crippen LogP contribution in [0.2, 0.25) is 5.82 Å². The van der Waals surface area contributed by atoms with Gasteiger partial charge in [-0.1, -0.05) is 48.4 Å². The van der Waals surface area contributed by atoms with E-state index in [0.717, 1.165) is 11.7 Å². The van der Waals surface area contributed by atoms with Gasteiger partial charge in [-0.15, -0.1) is 0 Å². The Balaban J connectivity index is 2.05. The van der Waals surface area contributed by atoms with Crippen molar-refractivity contribution < 1.29 is 0 Å². The molecule has 0 amide bonds. The van der Waals surface area contributed by atoms with E-state index < -0.39 is 0 Å². The van der Waals surface area contributed by atoms with Gasteiger partial charge in [0.05, 0.1) is 0 Å². The maximum Gasteiger partial charge on any atom is 0.139 e. The highest BCUT2D eigenvalue weighted by molar-refractivity contribution is 6.32. The summed E-state index contributed by atoms with van der Waals surface area (Å²) in [5.41, 5.74) is 2.93. The van der Waals surface area contributed by atoms with Crippen molar-refractivity contribution in [1.82, 2.24) is 0 Å². The zero-order chi connectivity index (χ0) is 9.97. The molecular weight excluding hydrogens is 166 g/mol. The Kier molecular flexibility index (Phi) is 3.00. The molecule has 0 radical (unpaired) electrons. The molecule has 0 aromatic heterocycles. The minimum absolute atomic E-state index is 0.840. The van der Waals surface area contributed by atoms with Crippen molar-refractivity contribution in [2.75, 3.05) is 0 Å². The minimum Gasteiger partial charge on any atom is -0.0889 e. The summed E-state index contributed by atoms with van der Waals surface area (Å²) in [6.07, 6.45) is 5.62. The Hall–Kier alpha value is -0.650. The average molecular weight is 184 g/mol. The fourth-order valence-corrected chi connectivity index (χ4v) is 2.43. The van der Waals surface area contributed by atoms with Crippen LogP contribution in [0.5, 0.6) is 0 Å². The second-order valence-corrected chi connectivity index (χ2v) is 4.87. The quantitative estimate of drug-likeness (QED) is 0.571. The molecule has 0 saturated heterocycles. The second-order valence-electron chi connectivity index (χ2n) is 4.87.